The molecule has 4 rings (SSSR count). The second-order valence-electron chi connectivity index (χ2n) is 8.43. The second-order valence-corrected chi connectivity index (χ2v) is 10.8. The summed E-state index contributed by atoms with van der Waals surface area (Å²) in [6.45, 7) is 5.44. The van der Waals surface area contributed by atoms with Crippen LogP contribution in [0.25, 0.3) is 5.69 Å². The van der Waals surface area contributed by atoms with E-state index in [0.717, 1.165) is 29.8 Å². The average Bonchev–Trinajstić information content (AvgIpc) is 3.48. The van der Waals surface area contributed by atoms with Crippen molar-refractivity contribution in [2.75, 3.05) is 13.1 Å². The number of carbonyl (C=O) groups excluding carboxylic acids is 1. The normalized spacial score (nSPS) is 14.7. The molecule has 0 bridgehead atoms. The van der Waals surface area contributed by atoms with Crippen molar-refractivity contribution in [1.82, 2.24) is 19.4 Å². The maximum absolute atomic E-state index is 13.0. The second kappa shape index (κ2) is 9.67. The molecule has 7 nitrogen and oxygen atoms in total. The van der Waals surface area contributed by atoms with Gasteiger partial charge in [-0.3, -0.25) is 4.79 Å². The molecule has 33 heavy (non-hydrogen) atoms. The molecule has 1 aliphatic heterocycles. The van der Waals surface area contributed by atoms with Gasteiger partial charge in [-0.25, -0.2) is 13.1 Å². The third kappa shape index (κ3) is 4.98. The van der Waals surface area contributed by atoms with Crippen LogP contribution in [0.2, 0.25) is 5.02 Å². The number of sulfonamides is 1. The van der Waals surface area contributed by atoms with Crippen molar-refractivity contribution in [2.45, 2.75) is 44.0 Å². The Kier molecular flexibility index (Phi) is 6.88. The Hall–Kier alpha value is -2.68. The lowest BCUT2D eigenvalue weighted by molar-refractivity contribution is 0.0949. The number of halogens is 1. The first-order valence-electron chi connectivity index (χ1n) is 11.0. The van der Waals surface area contributed by atoms with Gasteiger partial charge in [0.05, 0.1) is 28.0 Å². The summed E-state index contributed by atoms with van der Waals surface area (Å²) in [6.07, 6.45) is 3.36. The first-order chi connectivity index (χ1) is 15.8. The zero-order valence-corrected chi connectivity index (χ0v) is 20.2. The summed E-state index contributed by atoms with van der Waals surface area (Å²) in [5.74, 6) is -0.178. The van der Waals surface area contributed by atoms with Crippen molar-refractivity contribution in [3.05, 3.63) is 76.6 Å². The maximum atomic E-state index is 13.0. The number of hydrogen-bond donors (Lipinski definition) is 1. The topological polar surface area (TPSA) is 84.3 Å². The molecular weight excluding hydrogens is 460 g/mol. The van der Waals surface area contributed by atoms with Gasteiger partial charge in [-0.1, -0.05) is 43.6 Å². The largest absolute Gasteiger partial charge is 0.348 e. The van der Waals surface area contributed by atoms with Crippen molar-refractivity contribution >= 4 is 27.5 Å². The van der Waals surface area contributed by atoms with E-state index in [0.29, 0.717) is 23.7 Å². The Labute approximate surface area is 199 Å². The molecule has 1 N–H and O–H groups in total. The fourth-order valence-corrected chi connectivity index (χ4v) is 5.74. The van der Waals surface area contributed by atoms with Gasteiger partial charge >= 0.3 is 0 Å². The van der Waals surface area contributed by atoms with Crippen molar-refractivity contribution in [2.24, 2.45) is 0 Å². The minimum absolute atomic E-state index is 0.0577. The predicted molar refractivity (Wildman–Crippen MR) is 128 cm³/mol. The number of carbonyl (C=O) groups is 1. The predicted octanol–water partition coefficient (Wildman–Crippen LogP) is 4.36. The highest BCUT2D eigenvalue weighted by Gasteiger charge is 2.27. The third-order valence-electron chi connectivity index (χ3n) is 5.73. The SMILES string of the molecule is CC(C)c1c(C(=O)NCc2ccc(S(=O)(=O)N3CCCC3)cc2)cnn1-c1cccc(Cl)c1. The lowest BCUT2D eigenvalue weighted by atomic mass is 10.0. The van der Waals surface area contributed by atoms with Gasteiger partial charge in [-0.05, 0) is 54.7 Å². The van der Waals surface area contributed by atoms with Gasteiger partial charge in [-0.15, -0.1) is 0 Å². The molecule has 1 aromatic heterocycles. The van der Waals surface area contributed by atoms with Crippen LogP contribution in [0.1, 0.15) is 54.2 Å². The van der Waals surface area contributed by atoms with Crippen molar-refractivity contribution in [3.8, 4) is 5.69 Å². The van der Waals surface area contributed by atoms with Crippen LogP contribution in [0.4, 0.5) is 0 Å². The molecule has 0 saturated carbocycles. The molecule has 0 atom stereocenters. The fourth-order valence-electron chi connectivity index (χ4n) is 4.04. The zero-order valence-electron chi connectivity index (χ0n) is 18.7. The van der Waals surface area contributed by atoms with Crippen LogP contribution in [-0.2, 0) is 16.6 Å². The molecule has 0 spiro atoms. The number of nitrogens with zero attached hydrogens (tertiary/aromatic N) is 3. The van der Waals surface area contributed by atoms with Gasteiger partial charge in [0.1, 0.15) is 0 Å². The molecule has 9 heteroatoms. The van der Waals surface area contributed by atoms with Crippen LogP contribution in [0, 0.1) is 0 Å². The van der Waals surface area contributed by atoms with Gasteiger partial charge in [0.15, 0.2) is 0 Å². The summed E-state index contributed by atoms with van der Waals surface area (Å²) in [7, 11) is -3.45. The molecule has 2 aromatic carbocycles. The number of amides is 1. The highest BCUT2D eigenvalue weighted by molar-refractivity contribution is 7.89. The van der Waals surface area contributed by atoms with Crippen LogP contribution in [0.3, 0.4) is 0 Å². The smallest absolute Gasteiger partial charge is 0.255 e. The quantitative estimate of drug-likeness (QED) is 0.537. The maximum Gasteiger partial charge on any atom is 0.255 e. The lowest BCUT2D eigenvalue weighted by Gasteiger charge is -2.16. The van der Waals surface area contributed by atoms with E-state index in [4.69, 9.17) is 11.6 Å². The number of aromatic nitrogens is 2. The van der Waals surface area contributed by atoms with E-state index in [1.807, 2.05) is 26.0 Å². The third-order valence-corrected chi connectivity index (χ3v) is 7.88. The first-order valence-corrected chi connectivity index (χ1v) is 12.8. The summed E-state index contributed by atoms with van der Waals surface area (Å²) >= 11 is 6.13. The van der Waals surface area contributed by atoms with E-state index < -0.39 is 10.0 Å². The molecule has 3 aromatic rings. The number of benzene rings is 2. The van der Waals surface area contributed by atoms with E-state index in [9.17, 15) is 13.2 Å². The first kappa shape index (κ1) is 23.5. The Morgan fingerprint density at radius 3 is 2.45 bits per heavy atom. The van der Waals surface area contributed by atoms with Gasteiger partial charge in [0.25, 0.3) is 5.91 Å². The molecule has 0 aliphatic carbocycles. The minimum atomic E-state index is -3.45. The molecule has 0 unspecified atom stereocenters. The van der Waals surface area contributed by atoms with Gasteiger partial charge in [0.2, 0.25) is 10.0 Å². The molecular formula is C24H27ClN4O3S. The Morgan fingerprint density at radius 1 is 1.12 bits per heavy atom. The number of hydrogen-bond acceptors (Lipinski definition) is 4. The fraction of sp³-hybridized carbons (Fsp3) is 0.333. The zero-order chi connectivity index (χ0) is 23.6. The van der Waals surface area contributed by atoms with Crippen molar-refractivity contribution < 1.29 is 13.2 Å². The van der Waals surface area contributed by atoms with Gasteiger partial charge in [0, 0.05) is 24.7 Å². The van der Waals surface area contributed by atoms with E-state index >= 15 is 0 Å². The number of rotatable bonds is 7. The van der Waals surface area contributed by atoms with E-state index in [1.165, 1.54) is 4.31 Å². The Bertz CT molecular complexity index is 1250. The highest BCUT2D eigenvalue weighted by atomic mass is 35.5. The standard InChI is InChI=1S/C24H27ClN4O3S/c1-17(2)23-22(16-27-29(23)20-7-5-6-19(25)14-20)24(30)26-15-18-8-10-21(11-9-18)33(31,32)28-12-3-4-13-28/h5-11,14,16-17H,3-4,12-13,15H2,1-2H3,(H,26,30). The summed E-state index contributed by atoms with van der Waals surface area (Å²) in [6, 6.07) is 14.0. The number of nitrogens with one attached hydrogen (secondary N) is 1. The monoisotopic (exact) mass is 486 g/mol. The van der Waals surface area contributed by atoms with Crippen LogP contribution in [0.15, 0.2) is 59.6 Å². The summed E-state index contributed by atoms with van der Waals surface area (Å²) in [5, 5.41) is 7.95. The molecule has 1 saturated heterocycles. The summed E-state index contributed by atoms with van der Waals surface area (Å²) < 4.78 is 28.6. The molecule has 0 radical (unpaired) electrons. The van der Waals surface area contributed by atoms with Crippen molar-refractivity contribution in [3.63, 3.8) is 0 Å². The molecule has 174 valence electrons. The van der Waals surface area contributed by atoms with Gasteiger partial charge < -0.3 is 5.32 Å². The molecule has 1 fully saturated rings. The van der Waals surface area contributed by atoms with Crippen molar-refractivity contribution in [1.29, 1.82) is 0 Å². The summed E-state index contributed by atoms with van der Waals surface area (Å²) in [4.78, 5) is 13.2. The van der Waals surface area contributed by atoms with Crippen LogP contribution >= 0.6 is 11.6 Å². The Balaban J connectivity index is 1.48. The molecule has 1 aliphatic rings. The molecule has 1 amide bonds. The average molecular weight is 487 g/mol. The van der Waals surface area contributed by atoms with Crippen LogP contribution in [0.5, 0.6) is 0 Å². The van der Waals surface area contributed by atoms with E-state index in [-0.39, 0.29) is 23.3 Å². The van der Waals surface area contributed by atoms with Gasteiger partial charge in [-0.2, -0.15) is 9.40 Å². The minimum Gasteiger partial charge on any atom is -0.348 e. The summed E-state index contributed by atoms with van der Waals surface area (Å²) in [5.41, 5.74) is 2.90. The highest BCUT2D eigenvalue weighted by Crippen LogP contribution is 2.25. The van der Waals surface area contributed by atoms with Crippen LogP contribution < -0.4 is 5.32 Å². The molecule has 2 heterocycles. The van der Waals surface area contributed by atoms with Crippen LogP contribution in [-0.4, -0.2) is 41.5 Å². The lowest BCUT2D eigenvalue weighted by Crippen LogP contribution is -2.28. The van der Waals surface area contributed by atoms with E-state index in [2.05, 4.69) is 10.4 Å². The Morgan fingerprint density at radius 2 is 1.82 bits per heavy atom. The van der Waals surface area contributed by atoms with E-state index in [1.54, 1.807) is 47.3 Å².